The zero-order valence-corrected chi connectivity index (χ0v) is 21.1. The SMILES string of the molecule is Cc1ncc(NC(=O)CC23CCCN2CCC3)cc1NC(=O)c1cnn2cc(-c3cnn(C)c3)sc12. The van der Waals surface area contributed by atoms with E-state index in [4.69, 9.17) is 0 Å². The molecule has 0 bridgehead atoms. The average molecular weight is 505 g/mol. The van der Waals surface area contributed by atoms with Crippen LogP contribution in [0.4, 0.5) is 11.4 Å². The van der Waals surface area contributed by atoms with Gasteiger partial charge in [0.2, 0.25) is 5.91 Å². The third-order valence-electron chi connectivity index (χ3n) is 7.35. The zero-order valence-electron chi connectivity index (χ0n) is 20.3. The van der Waals surface area contributed by atoms with Gasteiger partial charge >= 0.3 is 0 Å². The molecule has 2 aliphatic rings. The number of fused-ring (bicyclic) bond motifs is 2. The van der Waals surface area contributed by atoms with Crippen LogP contribution in [-0.2, 0) is 11.8 Å². The van der Waals surface area contributed by atoms with Crippen LogP contribution in [0.25, 0.3) is 15.3 Å². The summed E-state index contributed by atoms with van der Waals surface area (Å²) in [6.07, 6.45) is 13.8. The number of carbonyl (C=O) groups excluding carboxylic acids is 2. The van der Waals surface area contributed by atoms with Crippen molar-refractivity contribution in [2.75, 3.05) is 23.7 Å². The molecule has 0 spiro atoms. The average Bonchev–Trinajstić information content (AvgIpc) is 3.62. The first-order chi connectivity index (χ1) is 17.4. The molecule has 6 rings (SSSR count). The quantitative estimate of drug-likeness (QED) is 0.414. The Bertz CT molecular complexity index is 1460. The molecule has 10 nitrogen and oxygen atoms in total. The number of anilines is 2. The van der Waals surface area contributed by atoms with Gasteiger partial charge in [0.1, 0.15) is 4.83 Å². The molecule has 186 valence electrons. The normalized spacial score (nSPS) is 16.9. The second-order valence-electron chi connectivity index (χ2n) is 9.76. The summed E-state index contributed by atoms with van der Waals surface area (Å²) in [4.78, 5) is 34.7. The summed E-state index contributed by atoms with van der Waals surface area (Å²) in [5, 5.41) is 14.5. The highest BCUT2D eigenvalue weighted by atomic mass is 32.1. The fourth-order valence-corrected chi connectivity index (χ4v) is 6.59. The topological polar surface area (TPSA) is 109 Å². The van der Waals surface area contributed by atoms with E-state index in [0.29, 0.717) is 29.1 Å². The number of hydrogen-bond acceptors (Lipinski definition) is 7. The fraction of sp³-hybridized carbons (Fsp3) is 0.400. The number of aryl methyl sites for hydroxylation is 2. The van der Waals surface area contributed by atoms with E-state index in [1.54, 1.807) is 33.9 Å². The van der Waals surface area contributed by atoms with Crippen LogP contribution in [0.15, 0.2) is 37.1 Å². The van der Waals surface area contributed by atoms with Crippen molar-refractivity contribution in [1.29, 1.82) is 0 Å². The van der Waals surface area contributed by atoms with Crippen molar-refractivity contribution in [3.8, 4) is 10.4 Å². The molecular formula is C25H28N8O2S. The maximum atomic E-state index is 13.2. The van der Waals surface area contributed by atoms with Crippen LogP contribution in [0.1, 0.15) is 48.2 Å². The van der Waals surface area contributed by atoms with E-state index in [1.807, 2.05) is 26.4 Å². The van der Waals surface area contributed by atoms with E-state index < -0.39 is 0 Å². The van der Waals surface area contributed by atoms with Gasteiger partial charge in [0, 0.05) is 37.0 Å². The maximum absolute atomic E-state index is 13.2. The molecule has 0 aromatic carbocycles. The van der Waals surface area contributed by atoms with E-state index in [9.17, 15) is 9.59 Å². The van der Waals surface area contributed by atoms with Gasteiger partial charge in [-0.1, -0.05) is 0 Å². The van der Waals surface area contributed by atoms with Crippen LogP contribution in [0, 0.1) is 6.92 Å². The van der Waals surface area contributed by atoms with Crippen LogP contribution in [-0.4, -0.2) is 59.7 Å². The summed E-state index contributed by atoms with van der Waals surface area (Å²) in [7, 11) is 1.87. The Morgan fingerprint density at radius 3 is 2.64 bits per heavy atom. The number of carbonyl (C=O) groups is 2. The summed E-state index contributed by atoms with van der Waals surface area (Å²) in [5.74, 6) is -0.281. The zero-order chi connectivity index (χ0) is 24.9. The highest BCUT2D eigenvalue weighted by Gasteiger charge is 2.45. The number of thiazole rings is 1. The molecule has 36 heavy (non-hydrogen) atoms. The van der Waals surface area contributed by atoms with Gasteiger partial charge < -0.3 is 10.6 Å². The van der Waals surface area contributed by atoms with Crippen molar-refractivity contribution in [2.24, 2.45) is 7.05 Å². The summed E-state index contributed by atoms with van der Waals surface area (Å²) >= 11 is 1.48. The van der Waals surface area contributed by atoms with Gasteiger partial charge in [-0.3, -0.25) is 24.2 Å². The number of nitrogens with one attached hydrogen (secondary N) is 2. The second kappa shape index (κ2) is 8.82. The first-order valence-corrected chi connectivity index (χ1v) is 13.0. The minimum Gasteiger partial charge on any atom is -0.325 e. The van der Waals surface area contributed by atoms with Crippen molar-refractivity contribution in [3.05, 3.63) is 48.3 Å². The number of rotatable bonds is 6. The lowest BCUT2D eigenvalue weighted by Crippen LogP contribution is -2.41. The largest absolute Gasteiger partial charge is 0.325 e. The van der Waals surface area contributed by atoms with E-state index in [0.717, 1.165) is 54.0 Å². The van der Waals surface area contributed by atoms with Gasteiger partial charge in [-0.25, -0.2) is 4.52 Å². The van der Waals surface area contributed by atoms with E-state index in [1.165, 1.54) is 11.3 Å². The lowest BCUT2D eigenvalue weighted by Gasteiger charge is -2.31. The Morgan fingerprint density at radius 2 is 1.89 bits per heavy atom. The molecule has 4 aromatic heterocycles. The third-order valence-corrected chi connectivity index (χ3v) is 8.51. The van der Waals surface area contributed by atoms with Crippen molar-refractivity contribution in [1.82, 2.24) is 29.3 Å². The molecule has 2 saturated heterocycles. The molecule has 2 aliphatic heterocycles. The molecule has 2 fully saturated rings. The molecule has 2 amide bonds. The molecule has 0 aliphatic carbocycles. The first kappa shape index (κ1) is 22.9. The predicted molar refractivity (Wildman–Crippen MR) is 138 cm³/mol. The highest BCUT2D eigenvalue weighted by molar-refractivity contribution is 7.21. The molecule has 0 radical (unpaired) electrons. The highest BCUT2D eigenvalue weighted by Crippen LogP contribution is 2.41. The number of nitrogens with zero attached hydrogens (tertiary/aromatic N) is 6. The Morgan fingerprint density at radius 1 is 1.08 bits per heavy atom. The summed E-state index contributed by atoms with van der Waals surface area (Å²) in [6, 6.07) is 1.77. The molecule has 0 saturated carbocycles. The first-order valence-electron chi connectivity index (χ1n) is 12.2. The van der Waals surface area contributed by atoms with Crippen LogP contribution >= 0.6 is 11.3 Å². The predicted octanol–water partition coefficient (Wildman–Crippen LogP) is 3.71. The van der Waals surface area contributed by atoms with Crippen molar-refractivity contribution in [2.45, 2.75) is 44.6 Å². The smallest absolute Gasteiger partial charge is 0.260 e. The summed E-state index contributed by atoms with van der Waals surface area (Å²) in [5.41, 5.74) is 3.27. The van der Waals surface area contributed by atoms with E-state index >= 15 is 0 Å². The van der Waals surface area contributed by atoms with Gasteiger partial charge in [-0.2, -0.15) is 10.2 Å². The monoisotopic (exact) mass is 504 g/mol. The number of pyridine rings is 1. The summed E-state index contributed by atoms with van der Waals surface area (Å²) < 4.78 is 3.45. The van der Waals surface area contributed by atoms with Gasteiger partial charge in [-0.05, 0) is 51.8 Å². The Hall–Kier alpha value is -3.57. The van der Waals surface area contributed by atoms with Crippen LogP contribution < -0.4 is 10.6 Å². The Kier molecular flexibility index (Phi) is 5.60. The Balaban J connectivity index is 1.17. The Labute approximate surface area is 212 Å². The van der Waals surface area contributed by atoms with E-state index in [2.05, 4.69) is 30.7 Å². The third kappa shape index (κ3) is 4.07. The van der Waals surface area contributed by atoms with Crippen LogP contribution in [0.2, 0.25) is 0 Å². The number of aromatic nitrogens is 5. The van der Waals surface area contributed by atoms with Crippen LogP contribution in [0.5, 0.6) is 0 Å². The lowest BCUT2D eigenvalue weighted by atomic mass is 9.90. The minimum atomic E-state index is -0.274. The summed E-state index contributed by atoms with van der Waals surface area (Å²) in [6.45, 7) is 4.01. The second-order valence-corrected chi connectivity index (χ2v) is 10.8. The maximum Gasteiger partial charge on any atom is 0.260 e. The van der Waals surface area contributed by atoms with Gasteiger partial charge in [0.15, 0.2) is 0 Å². The molecular weight excluding hydrogens is 476 g/mol. The van der Waals surface area contributed by atoms with Gasteiger partial charge in [0.05, 0.1) is 46.1 Å². The molecule has 0 atom stereocenters. The number of hydrogen-bond donors (Lipinski definition) is 2. The molecule has 0 unspecified atom stereocenters. The van der Waals surface area contributed by atoms with Gasteiger partial charge in [0.25, 0.3) is 5.91 Å². The molecule has 2 N–H and O–H groups in total. The standard InChI is InChI=1S/C25H28N8O2S/c1-16-20(9-18(12-26-16)29-22(34)10-25-5-3-7-32(25)8-4-6-25)30-23(35)19-13-28-33-15-21(36-24(19)33)17-11-27-31(2)14-17/h9,11-15H,3-8,10H2,1-2H3,(H,29,34)(H,30,35). The van der Waals surface area contributed by atoms with Crippen molar-refractivity contribution >= 4 is 39.4 Å². The van der Waals surface area contributed by atoms with E-state index in [-0.39, 0.29) is 17.4 Å². The molecule has 11 heteroatoms. The molecule has 4 aromatic rings. The van der Waals surface area contributed by atoms with Crippen LogP contribution in [0.3, 0.4) is 0 Å². The lowest BCUT2D eigenvalue weighted by molar-refractivity contribution is -0.118. The fourth-order valence-electron chi connectivity index (χ4n) is 5.56. The molecule has 6 heterocycles. The van der Waals surface area contributed by atoms with Crippen molar-refractivity contribution in [3.63, 3.8) is 0 Å². The number of amides is 2. The van der Waals surface area contributed by atoms with Crippen molar-refractivity contribution < 1.29 is 9.59 Å². The van der Waals surface area contributed by atoms with Gasteiger partial charge in [-0.15, -0.1) is 11.3 Å². The minimum absolute atomic E-state index is 0.00779.